The molecule has 1 aliphatic rings. The molecule has 1 aromatic heterocycles. The van der Waals surface area contributed by atoms with Crippen molar-refractivity contribution in [1.82, 2.24) is 9.36 Å². The lowest BCUT2D eigenvalue weighted by atomic mass is 10.4. The highest BCUT2D eigenvalue weighted by Crippen LogP contribution is 2.39. The first-order valence-electron chi connectivity index (χ1n) is 5.63. The van der Waals surface area contributed by atoms with E-state index < -0.39 is 0 Å². The minimum absolute atomic E-state index is 0.656. The third-order valence-electron chi connectivity index (χ3n) is 2.66. The Labute approximate surface area is 94.7 Å². The third-order valence-corrected chi connectivity index (χ3v) is 3.45. The monoisotopic (exact) mass is 226 g/mol. The van der Waals surface area contributed by atoms with Crippen LogP contribution in [0.2, 0.25) is 0 Å². The second-order valence-corrected chi connectivity index (χ2v) is 4.66. The molecule has 0 saturated heterocycles. The zero-order chi connectivity index (χ0) is 10.7. The summed E-state index contributed by atoms with van der Waals surface area (Å²) in [6.07, 6.45) is 3.56. The van der Waals surface area contributed by atoms with Crippen LogP contribution in [0.5, 0.6) is 0 Å². The van der Waals surface area contributed by atoms with Crippen LogP contribution < -0.4 is 10.6 Å². The van der Waals surface area contributed by atoms with Gasteiger partial charge in [-0.25, -0.2) is 4.98 Å². The Bertz CT molecular complexity index is 308. The van der Waals surface area contributed by atoms with E-state index in [1.165, 1.54) is 24.4 Å². The molecule has 1 aliphatic carbocycles. The van der Waals surface area contributed by atoms with Crippen LogP contribution in [0, 0.1) is 0 Å². The summed E-state index contributed by atoms with van der Waals surface area (Å²) in [5.41, 5.74) is 5.51. The Morgan fingerprint density at radius 2 is 2.33 bits per heavy atom. The Kier molecular flexibility index (Phi) is 3.53. The lowest BCUT2D eigenvalue weighted by molar-refractivity contribution is 0.749. The summed E-state index contributed by atoms with van der Waals surface area (Å²) in [4.78, 5) is 6.85. The van der Waals surface area contributed by atoms with Gasteiger partial charge < -0.3 is 10.6 Å². The molecule has 2 N–H and O–H groups in total. The predicted molar refractivity (Wildman–Crippen MR) is 63.4 cm³/mol. The van der Waals surface area contributed by atoms with Crippen LogP contribution >= 0.6 is 11.5 Å². The summed E-state index contributed by atoms with van der Waals surface area (Å²) in [7, 11) is 0. The van der Waals surface area contributed by atoms with Crippen LogP contribution in [0.15, 0.2) is 0 Å². The molecular weight excluding hydrogens is 208 g/mol. The summed E-state index contributed by atoms with van der Waals surface area (Å²) >= 11 is 1.52. The molecule has 0 amide bonds. The van der Waals surface area contributed by atoms with Gasteiger partial charge in [0, 0.05) is 30.5 Å². The maximum Gasteiger partial charge on any atom is 0.205 e. The van der Waals surface area contributed by atoms with E-state index in [0.29, 0.717) is 5.92 Å². The van der Waals surface area contributed by atoms with E-state index in [9.17, 15) is 0 Å². The average Bonchev–Trinajstić information content (AvgIpc) is 3.00. The average molecular weight is 226 g/mol. The molecule has 0 atom stereocenters. The molecule has 0 radical (unpaired) electrons. The molecule has 84 valence electrons. The molecule has 4 nitrogen and oxygen atoms in total. The summed E-state index contributed by atoms with van der Waals surface area (Å²) in [6.45, 7) is 4.87. The van der Waals surface area contributed by atoms with Gasteiger partial charge in [0.2, 0.25) is 5.13 Å². The van der Waals surface area contributed by atoms with E-state index in [2.05, 4.69) is 21.2 Å². The second-order valence-electron chi connectivity index (χ2n) is 3.93. The number of nitrogens with two attached hydrogens (primary N) is 1. The van der Waals surface area contributed by atoms with Crippen molar-refractivity contribution < 1.29 is 0 Å². The van der Waals surface area contributed by atoms with Crippen molar-refractivity contribution in [1.29, 1.82) is 0 Å². The Balaban J connectivity index is 1.98. The van der Waals surface area contributed by atoms with Gasteiger partial charge in [0.25, 0.3) is 0 Å². The molecule has 0 aromatic carbocycles. The molecule has 15 heavy (non-hydrogen) atoms. The van der Waals surface area contributed by atoms with Crippen LogP contribution in [0.3, 0.4) is 0 Å². The first-order valence-corrected chi connectivity index (χ1v) is 6.41. The number of hydrogen-bond acceptors (Lipinski definition) is 5. The van der Waals surface area contributed by atoms with E-state index >= 15 is 0 Å². The van der Waals surface area contributed by atoms with E-state index in [1.54, 1.807) is 0 Å². The highest BCUT2D eigenvalue weighted by Gasteiger charge is 2.28. The zero-order valence-electron chi connectivity index (χ0n) is 9.15. The summed E-state index contributed by atoms with van der Waals surface area (Å²) in [5.74, 6) is 1.71. The minimum atomic E-state index is 0.656. The maximum atomic E-state index is 5.51. The van der Waals surface area contributed by atoms with Crippen molar-refractivity contribution in [2.45, 2.75) is 32.1 Å². The molecule has 1 aromatic rings. The van der Waals surface area contributed by atoms with Crippen molar-refractivity contribution >= 4 is 16.7 Å². The van der Waals surface area contributed by atoms with Crippen LogP contribution in [0.1, 0.15) is 37.9 Å². The fourth-order valence-corrected chi connectivity index (χ4v) is 2.37. The molecule has 0 spiro atoms. The van der Waals surface area contributed by atoms with Gasteiger partial charge in [-0.1, -0.05) is 0 Å². The maximum absolute atomic E-state index is 5.51. The summed E-state index contributed by atoms with van der Waals surface area (Å²) < 4.78 is 4.41. The lowest BCUT2D eigenvalue weighted by Crippen LogP contribution is -2.25. The van der Waals surface area contributed by atoms with Crippen LogP contribution in [-0.4, -0.2) is 29.0 Å². The Morgan fingerprint density at radius 1 is 1.53 bits per heavy atom. The molecule has 0 bridgehead atoms. The quantitative estimate of drug-likeness (QED) is 0.800. The van der Waals surface area contributed by atoms with Gasteiger partial charge in [0.1, 0.15) is 5.82 Å². The summed E-state index contributed by atoms with van der Waals surface area (Å²) in [6, 6.07) is 0. The van der Waals surface area contributed by atoms with Crippen LogP contribution in [0.4, 0.5) is 5.13 Å². The molecule has 1 heterocycles. The van der Waals surface area contributed by atoms with Crippen LogP contribution in [-0.2, 0) is 0 Å². The SMILES string of the molecule is CCN(CCCN)c1nc(C2CC2)ns1. The van der Waals surface area contributed by atoms with Gasteiger partial charge in [-0.15, -0.1) is 0 Å². The fraction of sp³-hybridized carbons (Fsp3) is 0.800. The van der Waals surface area contributed by atoms with Crippen molar-refractivity contribution in [3.05, 3.63) is 5.82 Å². The third kappa shape index (κ3) is 2.66. The molecular formula is C10H18N4S. The normalized spacial score (nSPS) is 15.6. The van der Waals surface area contributed by atoms with Gasteiger partial charge in [-0.2, -0.15) is 4.37 Å². The molecule has 1 fully saturated rings. The largest absolute Gasteiger partial charge is 0.347 e. The van der Waals surface area contributed by atoms with Crippen molar-refractivity contribution in [3.63, 3.8) is 0 Å². The molecule has 5 heteroatoms. The van der Waals surface area contributed by atoms with Crippen molar-refractivity contribution in [3.8, 4) is 0 Å². The highest BCUT2D eigenvalue weighted by molar-refractivity contribution is 7.09. The molecule has 2 rings (SSSR count). The fourth-order valence-electron chi connectivity index (χ4n) is 1.53. The van der Waals surface area contributed by atoms with E-state index in [1.807, 2.05) is 0 Å². The molecule has 0 unspecified atom stereocenters. The van der Waals surface area contributed by atoms with Gasteiger partial charge in [0.05, 0.1) is 0 Å². The van der Waals surface area contributed by atoms with Gasteiger partial charge in [0.15, 0.2) is 0 Å². The first kappa shape index (κ1) is 10.8. The Morgan fingerprint density at radius 3 is 2.93 bits per heavy atom. The molecule has 1 saturated carbocycles. The molecule has 0 aliphatic heterocycles. The van der Waals surface area contributed by atoms with E-state index in [-0.39, 0.29) is 0 Å². The smallest absolute Gasteiger partial charge is 0.205 e. The minimum Gasteiger partial charge on any atom is -0.347 e. The highest BCUT2D eigenvalue weighted by atomic mass is 32.1. The number of anilines is 1. The second kappa shape index (κ2) is 4.90. The Hall–Kier alpha value is -0.680. The predicted octanol–water partition coefficient (Wildman–Crippen LogP) is 1.59. The van der Waals surface area contributed by atoms with Crippen molar-refractivity contribution in [2.24, 2.45) is 5.73 Å². The summed E-state index contributed by atoms with van der Waals surface area (Å²) in [5, 5.41) is 1.06. The number of rotatable bonds is 6. The van der Waals surface area contributed by atoms with Gasteiger partial charge in [-0.05, 0) is 32.7 Å². The topological polar surface area (TPSA) is 55.0 Å². The number of aromatic nitrogens is 2. The first-order chi connectivity index (χ1) is 7.35. The van der Waals surface area contributed by atoms with E-state index in [4.69, 9.17) is 5.73 Å². The van der Waals surface area contributed by atoms with E-state index in [0.717, 1.165) is 37.0 Å². The number of hydrogen-bond donors (Lipinski definition) is 1. The van der Waals surface area contributed by atoms with Gasteiger partial charge >= 0.3 is 0 Å². The lowest BCUT2D eigenvalue weighted by Gasteiger charge is -2.18. The van der Waals surface area contributed by atoms with Crippen molar-refractivity contribution in [2.75, 3.05) is 24.5 Å². The standard InChI is InChI=1S/C10H18N4S/c1-2-14(7-3-6-11)10-12-9(13-15-10)8-4-5-8/h8H,2-7,11H2,1H3. The van der Waals surface area contributed by atoms with Crippen LogP contribution in [0.25, 0.3) is 0 Å². The zero-order valence-corrected chi connectivity index (χ0v) is 9.96. The number of nitrogens with zero attached hydrogens (tertiary/aromatic N) is 3. The van der Waals surface area contributed by atoms with Gasteiger partial charge in [-0.3, -0.25) is 0 Å².